The van der Waals surface area contributed by atoms with Gasteiger partial charge in [-0.05, 0) is 25.0 Å². The van der Waals surface area contributed by atoms with Gasteiger partial charge in [0.2, 0.25) is 11.8 Å². The number of benzene rings is 1. The van der Waals surface area contributed by atoms with Crippen molar-refractivity contribution in [2.24, 2.45) is 5.92 Å². The summed E-state index contributed by atoms with van der Waals surface area (Å²) >= 11 is 0. The molecule has 4 heterocycles. The number of nitrogens with zero attached hydrogens (tertiary/aromatic N) is 3. The van der Waals surface area contributed by atoms with Crippen molar-refractivity contribution in [2.45, 2.75) is 25.4 Å². The first-order valence-electron chi connectivity index (χ1n) is 11.0. The standard InChI is InChI=1S/C22H27N3O6/c26-20-12-15(14-25(20)16-3-4-17-19(13-16)31-11-10-30-17)21(27)23-5-7-24(8-6-23)22(28)18-2-1-9-29-18/h3-4,13,15,18H,1-2,5-12,14H2. The summed E-state index contributed by atoms with van der Waals surface area (Å²) in [7, 11) is 0. The van der Waals surface area contributed by atoms with E-state index in [1.54, 1.807) is 26.8 Å². The first-order chi connectivity index (χ1) is 15.1. The molecule has 3 saturated heterocycles. The summed E-state index contributed by atoms with van der Waals surface area (Å²) in [6, 6.07) is 5.43. The maximum Gasteiger partial charge on any atom is 0.251 e. The molecule has 2 unspecified atom stereocenters. The maximum atomic E-state index is 13.1. The fourth-order valence-electron chi connectivity index (χ4n) is 4.70. The lowest BCUT2D eigenvalue weighted by atomic mass is 10.1. The zero-order chi connectivity index (χ0) is 21.4. The van der Waals surface area contributed by atoms with E-state index in [4.69, 9.17) is 14.2 Å². The third-order valence-corrected chi connectivity index (χ3v) is 6.42. The van der Waals surface area contributed by atoms with E-state index >= 15 is 0 Å². The monoisotopic (exact) mass is 429 g/mol. The average Bonchev–Trinajstić information content (AvgIpc) is 3.48. The van der Waals surface area contributed by atoms with Crippen molar-refractivity contribution in [3.05, 3.63) is 18.2 Å². The zero-order valence-electron chi connectivity index (χ0n) is 17.5. The number of hydrogen-bond donors (Lipinski definition) is 0. The van der Waals surface area contributed by atoms with Crippen LogP contribution in [0.1, 0.15) is 19.3 Å². The summed E-state index contributed by atoms with van der Waals surface area (Å²) in [6.07, 6.45) is 1.57. The molecule has 5 rings (SSSR count). The van der Waals surface area contributed by atoms with Crippen molar-refractivity contribution in [2.75, 3.05) is 57.4 Å². The van der Waals surface area contributed by atoms with Gasteiger partial charge in [0.1, 0.15) is 19.3 Å². The second-order valence-corrected chi connectivity index (χ2v) is 8.39. The number of amides is 3. The van der Waals surface area contributed by atoms with Crippen molar-refractivity contribution in [1.82, 2.24) is 9.80 Å². The number of rotatable bonds is 3. The van der Waals surface area contributed by atoms with Crippen LogP contribution in [-0.4, -0.2) is 86.2 Å². The van der Waals surface area contributed by atoms with Crippen LogP contribution in [0.25, 0.3) is 0 Å². The van der Waals surface area contributed by atoms with Crippen LogP contribution >= 0.6 is 0 Å². The maximum absolute atomic E-state index is 13.1. The largest absolute Gasteiger partial charge is 0.486 e. The third-order valence-electron chi connectivity index (χ3n) is 6.42. The van der Waals surface area contributed by atoms with Crippen molar-refractivity contribution >= 4 is 23.4 Å². The number of ether oxygens (including phenoxy) is 3. The van der Waals surface area contributed by atoms with Crippen LogP contribution in [0.2, 0.25) is 0 Å². The molecular formula is C22H27N3O6. The first-order valence-corrected chi connectivity index (χ1v) is 11.0. The molecular weight excluding hydrogens is 402 g/mol. The van der Waals surface area contributed by atoms with Crippen LogP contribution in [0, 0.1) is 5.92 Å². The fourth-order valence-corrected chi connectivity index (χ4v) is 4.70. The summed E-state index contributed by atoms with van der Waals surface area (Å²) in [5.74, 6) is 0.870. The van der Waals surface area contributed by atoms with Crippen molar-refractivity contribution < 1.29 is 28.6 Å². The minimum Gasteiger partial charge on any atom is -0.486 e. The van der Waals surface area contributed by atoms with Crippen LogP contribution in [0.15, 0.2) is 18.2 Å². The van der Waals surface area contributed by atoms with Gasteiger partial charge in [0.05, 0.1) is 5.92 Å². The molecule has 0 spiro atoms. The van der Waals surface area contributed by atoms with Gasteiger partial charge in [-0.2, -0.15) is 0 Å². The van der Waals surface area contributed by atoms with Crippen molar-refractivity contribution in [1.29, 1.82) is 0 Å². The predicted octanol–water partition coefficient (Wildman–Crippen LogP) is 0.661. The molecule has 0 saturated carbocycles. The molecule has 166 valence electrons. The SMILES string of the molecule is O=C(C1CC(=O)N(c2ccc3c(c2)OCCO3)C1)N1CCN(C(=O)C2CCCO2)CC1. The highest BCUT2D eigenvalue weighted by molar-refractivity contribution is 6.00. The van der Waals surface area contributed by atoms with Crippen molar-refractivity contribution in [3.63, 3.8) is 0 Å². The number of piperazine rings is 1. The van der Waals surface area contributed by atoms with E-state index in [1.165, 1.54) is 0 Å². The first kappa shape index (κ1) is 20.1. The van der Waals surface area contributed by atoms with Crippen LogP contribution in [0.4, 0.5) is 5.69 Å². The second-order valence-electron chi connectivity index (χ2n) is 8.39. The topological polar surface area (TPSA) is 88.6 Å². The minimum atomic E-state index is -0.374. The van der Waals surface area contributed by atoms with E-state index in [9.17, 15) is 14.4 Å². The Morgan fingerprint density at radius 1 is 0.903 bits per heavy atom. The van der Waals surface area contributed by atoms with Gasteiger partial charge in [-0.25, -0.2) is 0 Å². The molecule has 31 heavy (non-hydrogen) atoms. The summed E-state index contributed by atoms with van der Waals surface area (Å²) in [5, 5.41) is 0. The van der Waals surface area contributed by atoms with Gasteiger partial charge in [-0.15, -0.1) is 0 Å². The summed E-state index contributed by atoms with van der Waals surface area (Å²) < 4.78 is 16.6. The van der Waals surface area contributed by atoms with E-state index in [2.05, 4.69) is 0 Å². The van der Waals surface area contributed by atoms with E-state index in [1.807, 2.05) is 6.07 Å². The molecule has 4 aliphatic heterocycles. The molecule has 9 nitrogen and oxygen atoms in total. The quantitative estimate of drug-likeness (QED) is 0.702. The molecule has 2 atom stereocenters. The lowest BCUT2D eigenvalue weighted by Crippen LogP contribution is -2.54. The van der Waals surface area contributed by atoms with Crippen LogP contribution in [-0.2, 0) is 19.1 Å². The fraction of sp³-hybridized carbons (Fsp3) is 0.591. The Morgan fingerprint density at radius 2 is 1.61 bits per heavy atom. The highest BCUT2D eigenvalue weighted by Gasteiger charge is 2.39. The van der Waals surface area contributed by atoms with E-state index in [0.717, 1.165) is 18.5 Å². The zero-order valence-corrected chi connectivity index (χ0v) is 17.5. The molecule has 1 aromatic carbocycles. The number of carbonyl (C=O) groups excluding carboxylic acids is 3. The predicted molar refractivity (Wildman–Crippen MR) is 110 cm³/mol. The van der Waals surface area contributed by atoms with E-state index in [0.29, 0.717) is 64.0 Å². The molecule has 0 radical (unpaired) electrons. The number of hydrogen-bond acceptors (Lipinski definition) is 6. The third kappa shape index (κ3) is 3.94. The number of fused-ring (bicyclic) bond motifs is 1. The molecule has 3 fully saturated rings. The summed E-state index contributed by atoms with van der Waals surface area (Å²) in [6.45, 7) is 3.99. The Morgan fingerprint density at radius 3 is 2.32 bits per heavy atom. The second kappa shape index (κ2) is 8.37. The number of anilines is 1. The van der Waals surface area contributed by atoms with Gasteiger partial charge in [0.25, 0.3) is 5.91 Å². The lowest BCUT2D eigenvalue weighted by Gasteiger charge is -2.36. The molecule has 4 aliphatic rings. The van der Waals surface area contributed by atoms with Gasteiger partial charge in [0.15, 0.2) is 11.5 Å². The smallest absolute Gasteiger partial charge is 0.251 e. The molecule has 0 N–H and O–H groups in total. The molecule has 0 aliphatic carbocycles. The molecule has 1 aromatic rings. The number of carbonyl (C=O) groups is 3. The van der Waals surface area contributed by atoms with Crippen molar-refractivity contribution in [3.8, 4) is 11.5 Å². The summed E-state index contributed by atoms with van der Waals surface area (Å²) in [4.78, 5) is 43.4. The molecule has 3 amide bonds. The molecule has 0 aromatic heterocycles. The van der Waals surface area contributed by atoms with Crippen LogP contribution in [0.5, 0.6) is 11.5 Å². The van der Waals surface area contributed by atoms with E-state index in [-0.39, 0.29) is 36.2 Å². The summed E-state index contributed by atoms with van der Waals surface area (Å²) in [5.41, 5.74) is 0.719. The Kier molecular flexibility index (Phi) is 5.43. The normalized spacial score (nSPS) is 25.8. The molecule has 9 heteroatoms. The van der Waals surface area contributed by atoms with Gasteiger partial charge < -0.3 is 28.9 Å². The average molecular weight is 429 g/mol. The highest BCUT2D eigenvalue weighted by Crippen LogP contribution is 2.36. The van der Waals surface area contributed by atoms with Gasteiger partial charge in [0, 0.05) is 57.5 Å². The van der Waals surface area contributed by atoms with E-state index < -0.39 is 0 Å². The minimum absolute atomic E-state index is 0.0161. The molecule has 0 bridgehead atoms. The van der Waals surface area contributed by atoms with Gasteiger partial charge >= 0.3 is 0 Å². The van der Waals surface area contributed by atoms with Gasteiger partial charge in [-0.1, -0.05) is 0 Å². The Balaban J connectivity index is 1.18. The Bertz CT molecular complexity index is 876. The Labute approximate surface area is 180 Å². The van der Waals surface area contributed by atoms with Crippen LogP contribution < -0.4 is 14.4 Å². The van der Waals surface area contributed by atoms with Crippen LogP contribution in [0.3, 0.4) is 0 Å². The highest BCUT2D eigenvalue weighted by atomic mass is 16.6. The van der Waals surface area contributed by atoms with Gasteiger partial charge in [-0.3, -0.25) is 14.4 Å². The Hall–Kier alpha value is -2.81. The lowest BCUT2D eigenvalue weighted by molar-refractivity contribution is -0.147.